The van der Waals surface area contributed by atoms with Crippen LogP contribution in [0.4, 0.5) is 10.5 Å². The van der Waals surface area contributed by atoms with Crippen molar-refractivity contribution in [1.82, 2.24) is 10.0 Å². The van der Waals surface area contributed by atoms with Gasteiger partial charge in [-0.3, -0.25) is 4.72 Å². The summed E-state index contributed by atoms with van der Waals surface area (Å²) in [7, 11) is -3.98. The Morgan fingerprint density at radius 2 is 2.25 bits per heavy atom. The number of hydrogen-bond acceptors (Lipinski definition) is 5. The van der Waals surface area contributed by atoms with Gasteiger partial charge in [0.15, 0.2) is 0 Å². The largest absolute Gasteiger partial charge is 0.449 e. The molecule has 0 fully saturated rings. The van der Waals surface area contributed by atoms with E-state index in [2.05, 4.69) is 14.8 Å². The molecule has 20 heavy (non-hydrogen) atoms. The standard InChI is InChI=1S/C12H17N3O4S/c1-2-19-12(16)15-20(17,18)14-11-5-3-4-9-8-13-7-6-10(9)11/h3-5,13-14H,2,6-8H2,1H3,(H,15,16). The van der Waals surface area contributed by atoms with Crippen molar-refractivity contribution < 1.29 is 17.9 Å². The second-order valence-electron chi connectivity index (χ2n) is 4.30. The van der Waals surface area contributed by atoms with E-state index in [4.69, 9.17) is 0 Å². The molecule has 0 saturated heterocycles. The van der Waals surface area contributed by atoms with Gasteiger partial charge in [0.05, 0.1) is 12.3 Å². The van der Waals surface area contributed by atoms with Crippen LogP contribution in [-0.2, 0) is 27.9 Å². The minimum atomic E-state index is -3.98. The highest BCUT2D eigenvalue weighted by atomic mass is 32.2. The Morgan fingerprint density at radius 1 is 1.45 bits per heavy atom. The van der Waals surface area contributed by atoms with Crippen LogP contribution in [-0.4, -0.2) is 27.7 Å². The molecule has 1 heterocycles. The van der Waals surface area contributed by atoms with E-state index >= 15 is 0 Å². The average Bonchev–Trinajstić information content (AvgIpc) is 2.38. The molecule has 0 spiro atoms. The number of carbonyl (C=O) groups is 1. The molecule has 0 radical (unpaired) electrons. The maximum atomic E-state index is 11.8. The molecule has 0 unspecified atom stereocenters. The van der Waals surface area contributed by atoms with Gasteiger partial charge in [-0.25, -0.2) is 9.52 Å². The first kappa shape index (κ1) is 14.6. The van der Waals surface area contributed by atoms with Crippen LogP contribution in [0.5, 0.6) is 0 Å². The van der Waals surface area contributed by atoms with Crippen molar-refractivity contribution in [1.29, 1.82) is 0 Å². The molecule has 2 rings (SSSR count). The molecule has 0 atom stereocenters. The van der Waals surface area contributed by atoms with Crippen molar-refractivity contribution in [2.24, 2.45) is 0 Å². The van der Waals surface area contributed by atoms with Crippen LogP contribution in [0.25, 0.3) is 0 Å². The average molecular weight is 299 g/mol. The zero-order valence-electron chi connectivity index (χ0n) is 11.1. The van der Waals surface area contributed by atoms with Gasteiger partial charge in [-0.1, -0.05) is 12.1 Å². The number of fused-ring (bicyclic) bond motifs is 1. The zero-order chi connectivity index (χ0) is 14.6. The van der Waals surface area contributed by atoms with Crippen LogP contribution in [0.15, 0.2) is 18.2 Å². The van der Waals surface area contributed by atoms with E-state index in [0.717, 1.165) is 24.1 Å². The molecule has 1 aliphatic rings. The summed E-state index contributed by atoms with van der Waals surface area (Å²) in [6.45, 7) is 3.20. The van der Waals surface area contributed by atoms with Crippen molar-refractivity contribution in [3.05, 3.63) is 29.3 Å². The number of carbonyl (C=O) groups excluding carboxylic acids is 1. The summed E-state index contributed by atoms with van der Waals surface area (Å²) in [6, 6.07) is 5.39. The van der Waals surface area contributed by atoms with Gasteiger partial charge in [0, 0.05) is 6.54 Å². The topological polar surface area (TPSA) is 96.5 Å². The van der Waals surface area contributed by atoms with Gasteiger partial charge >= 0.3 is 16.3 Å². The molecule has 1 aromatic carbocycles. The number of nitrogens with one attached hydrogen (secondary N) is 3. The molecular weight excluding hydrogens is 282 g/mol. The fourth-order valence-electron chi connectivity index (χ4n) is 2.07. The molecule has 3 N–H and O–H groups in total. The van der Waals surface area contributed by atoms with Crippen molar-refractivity contribution >= 4 is 22.0 Å². The second kappa shape index (κ2) is 6.10. The van der Waals surface area contributed by atoms with Gasteiger partial charge in [0.2, 0.25) is 0 Å². The lowest BCUT2D eigenvalue weighted by Gasteiger charge is -2.20. The third-order valence-electron chi connectivity index (χ3n) is 2.88. The number of amides is 1. The summed E-state index contributed by atoms with van der Waals surface area (Å²) >= 11 is 0. The fraction of sp³-hybridized carbons (Fsp3) is 0.417. The summed E-state index contributed by atoms with van der Waals surface area (Å²) in [4.78, 5) is 11.2. The normalized spacial score (nSPS) is 14.2. The Kier molecular flexibility index (Phi) is 4.46. The molecule has 7 nitrogen and oxygen atoms in total. The Morgan fingerprint density at radius 3 is 3.00 bits per heavy atom. The summed E-state index contributed by atoms with van der Waals surface area (Å²) in [5.41, 5.74) is 2.48. The highest BCUT2D eigenvalue weighted by Crippen LogP contribution is 2.23. The Hall–Kier alpha value is -1.80. The quantitative estimate of drug-likeness (QED) is 0.762. The lowest BCUT2D eigenvalue weighted by atomic mass is 9.99. The first-order valence-electron chi connectivity index (χ1n) is 6.30. The van der Waals surface area contributed by atoms with Crippen molar-refractivity contribution in [2.75, 3.05) is 17.9 Å². The molecule has 0 bridgehead atoms. The molecule has 0 saturated carbocycles. The number of ether oxygens (including phenoxy) is 1. The first-order valence-corrected chi connectivity index (χ1v) is 7.79. The number of benzene rings is 1. The highest BCUT2D eigenvalue weighted by molar-refractivity contribution is 7.91. The van der Waals surface area contributed by atoms with Gasteiger partial charge in [-0.2, -0.15) is 8.42 Å². The van der Waals surface area contributed by atoms with Crippen molar-refractivity contribution in [2.45, 2.75) is 19.9 Å². The fourth-order valence-corrected chi connectivity index (χ4v) is 2.88. The molecule has 110 valence electrons. The zero-order valence-corrected chi connectivity index (χ0v) is 11.9. The number of anilines is 1. The number of hydrogen-bond donors (Lipinski definition) is 3. The first-order chi connectivity index (χ1) is 9.52. The summed E-state index contributed by atoms with van der Waals surface area (Å²) in [6.07, 6.45) is -0.264. The molecule has 0 aromatic heterocycles. The van der Waals surface area contributed by atoms with Crippen molar-refractivity contribution in [3.8, 4) is 0 Å². The molecule has 0 aliphatic carbocycles. The molecule has 1 aliphatic heterocycles. The monoisotopic (exact) mass is 299 g/mol. The van der Waals surface area contributed by atoms with Crippen LogP contribution >= 0.6 is 0 Å². The van der Waals surface area contributed by atoms with E-state index < -0.39 is 16.3 Å². The van der Waals surface area contributed by atoms with Gasteiger partial charge in [-0.05, 0) is 37.1 Å². The third kappa shape index (κ3) is 3.61. The van der Waals surface area contributed by atoms with E-state index in [1.54, 1.807) is 23.8 Å². The maximum Gasteiger partial charge on any atom is 0.422 e. The molecule has 1 aromatic rings. The van der Waals surface area contributed by atoms with E-state index in [-0.39, 0.29) is 6.61 Å². The third-order valence-corrected chi connectivity index (χ3v) is 3.80. The van der Waals surface area contributed by atoms with Crippen LogP contribution in [0, 0.1) is 0 Å². The van der Waals surface area contributed by atoms with E-state index in [0.29, 0.717) is 12.2 Å². The predicted octanol–water partition coefficient (Wildman–Crippen LogP) is 0.735. The van der Waals surface area contributed by atoms with Crippen LogP contribution in [0.3, 0.4) is 0 Å². The smallest absolute Gasteiger partial charge is 0.422 e. The van der Waals surface area contributed by atoms with Gasteiger partial charge in [0.1, 0.15) is 0 Å². The molecule has 8 heteroatoms. The van der Waals surface area contributed by atoms with E-state index in [9.17, 15) is 13.2 Å². The van der Waals surface area contributed by atoms with E-state index in [1.807, 2.05) is 6.07 Å². The van der Waals surface area contributed by atoms with Crippen LogP contribution in [0.1, 0.15) is 18.1 Å². The Labute approximate surface area is 117 Å². The summed E-state index contributed by atoms with van der Waals surface area (Å²) < 4.78 is 32.4. The van der Waals surface area contributed by atoms with Gasteiger partial charge < -0.3 is 10.1 Å². The highest BCUT2D eigenvalue weighted by Gasteiger charge is 2.19. The predicted molar refractivity (Wildman–Crippen MR) is 74.6 cm³/mol. The SMILES string of the molecule is CCOC(=O)NS(=O)(=O)Nc1cccc2c1CCNC2. The lowest BCUT2D eigenvalue weighted by molar-refractivity contribution is 0.159. The van der Waals surface area contributed by atoms with Crippen molar-refractivity contribution in [3.63, 3.8) is 0 Å². The van der Waals surface area contributed by atoms with Crippen LogP contribution in [0.2, 0.25) is 0 Å². The minimum absolute atomic E-state index is 0.105. The summed E-state index contributed by atoms with van der Waals surface area (Å²) in [5, 5.41) is 3.21. The number of rotatable bonds is 4. The van der Waals surface area contributed by atoms with Gasteiger partial charge in [-0.15, -0.1) is 0 Å². The maximum absolute atomic E-state index is 11.8. The summed E-state index contributed by atoms with van der Waals surface area (Å²) in [5.74, 6) is 0. The lowest BCUT2D eigenvalue weighted by Crippen LogP contribution is -2.36. The molecular formula is C12H17N3O4S. The van der Waals surface area contributed by atoms with Crippen LogP contribution < -0.4 is 14.8 Å². The second-order valence-corrected chi connectivity index (χ2v) is 5.71. The molecule has 1 amide bonds. The Balaban J connectivity index is 2.15. The van der Waals surface area contributed by atoms with E-state index in [1.165, 1.54) is 0 Å². The van der Waals surface area contributed by atoms with Gasteiger partial charge in [0.25, 0.3) is 0 Å². The Bertz CT molecular complexity index is 601. The minimum Gasteiger partial charge on any atom is -0.449 e.